The Balaban J connectivity index is 0.000000110. The molecule has 7 heteroatoms. The van der Waals surface area contributed by atoms with Gasteiger partial charge in [0.15, 0.2) is 5.15 Å². The molecule has 1 atom stereocenters. The molecule has 3 aliphatic rings. The van der Waals surface area contributed by atoms with Gasteiger partial charge in [0.05, 0.1) is 56.6 Å². The van der Waals surface area contributed by atoms with Crippen LogP contribution < -0.4 is 0 Å². The van der Waals surface area contributed by atoms with Crippen LogP contribution in [0.2, 0.25) is 5.15 Å². The second kappa shape index (κ2) is 20.4. The molecule has 13 aromatic carbocycles. The van der Waals surface area contributed by atoms with Crippen molar-refractivity contribution in [3.63, 3.8) is 0 Å². The van der Waals surface area contributed by atoms with Crippen LogP contribution in [0.15, 0.2) is 270 Å². The number of allylic oxidation sites excluding steroid dienone is 2. The van der Waals surface area contributed by atoms with Gasteiger partial charge in [-0.3, -0.25) is 0 Å². The van der Waals surface area contributed by atoms with Crippen LogP contribution in [0.4, 0.5) is 0 Å². The molecule has 0 saturated carbocycles. The van der Waals surface area contributed by atoms with E-state index in [0.717, 1.165) is 94.9 Å². The van der Waals surface area contributed by atoms with E-state index in [-0.39, 0.29) is 5.92 Å². The van der Waals surface area contributed by atoms with E-state index in [9.17, 15) is 0 Å². The highest BCUT2D eigenvalue weighted by molar-refractivity contribution is 6.32. The summed E-state index contributed by atoms with van der Waals surface area (Å²) in [7, 11) is 0. The largest absolute Gasteiger partial charge is 0.456 e. The van der Waals surface area contributed by atoms with E-state index in [1.807, 2.05) is 91.0 Å². The fourth-order valence-electron chi connectivity index (χ4n) is 13.9. The number of benzene rings is 13. The number of aromatic nitrogens is 4. The lowest BCUT2D eigenvalue weighted by Gasteiger charge is -2.20. The molecular weight excluding hydrogens is 1110 g/mol. The molecule has 17 aromatic rings. The molecule has 0 spiro atoms. The zero-order valence-electron chi connectivity index (χ0n) is 47.7. The molecular formula is C82H48ClN4O2+. The SMILES string of the molecule is Clc1nc2ccccc2nc1-c1ccc2c(c1)oc1ccccc12.[C+]1=Cc2ccc3c(c2C=C1)Cc1cc2ccccc2cc1-3.c1ccc2cc3c(cc2c1)-c1ccc2ccccc2c1C3c1nc2ccccc2nc1-c1ccc2c(c1)oc1ccccc12. The summed E-state index contributed by atoms with van der Waals surface area (Å²) in [5.74, 6) is -0.0887. The summed E-state index contributed by atoms with van der Waals surface area (Å²) >= 11 is 6.36. The van der Waals surface area contributed by atoms with E-state index >= 15 is 0 Å². The first-order chi connectivity index (χ1) is 44.0. The molecule has 0 radical (unpaired) electrons. The minimum atomic E-state index is -0.0887. The van der Waals surface area contributed by atoms with Gasteiger partial charge < -0.3 is 8.83 Å². The molecule has 0 saturated heterocycles. The first-order valence-electron chi connectivity index (χ1n) is 30.0. The third-order valence-corrected chi connectivity index (χ3v) is 18.4. The highest BCUT2D eigenvalue weighted by Crippen LogP contribution is 2.53. The van der Waals surface area contributed by atoms with Crippen molar-refractivity contribution in [3.05, 3.63) is 311 Å². The maximum absolute atomic E-state index is 6.36. The summed E-state index contributed by atoms with van der Waals surface area (Å²) in [6.45, 7) is 0. The van der Waals surface area contributed by atoms with Gasteiger partial charge in [-0.15, -0.1) is 0 Å². The molecule has 4 heterocycles. The van der Waals surface area contributed by atoms with Crippen molar-refractivity contribution in [1.29, 1.82) is 0 Å². The molecule has 0 bridgehead atoms. The Bertz CT molecular complexity index is 5890. The van der Waals surface area contributed by atoms with Crippen LogP contribution in [0.3, 0.4) is 0 Å². The minimum Gasteiger partial charge on any atom is -0.456 e. The van der Waals surface area contributed by atoms with Crippen LogP contribution in [0.1, 0.15) is 45.0 Å². The summed E-state index contributed by atoms with van der Waals surface area (Å²) in [4.78, 5) is 19.9. The van der Waals surface area contributed by atoms with E-state index < -0.39 is 0 Å². The van der Waals surface area contributed by atoms with Crippen molar-refractivity contribution in [2.24, 2.45) is 0 Å². The Morgan fingerprint density at radius 3 is 1.58 bits per heavy atom. The number of nitrogens with zero attached hydrogens (tertiary/aromatic N) is 4. The van der Waals surface area contributed by atoms with E-state index in [1.165, 1.54) is 88.0 Å². The summed E-state index contributed by atoms with van der Waals surface area (Å²) in [6.07, 6.45) is 10.5. The number of rotatable bonds is 3. The lowest BCUT2D eigenvalue weighted by atomic mass is 9.87. The first-order valence-corrected chi connectivity index (χ1v) is 30.4. The fourth-order valence-corrected chi connectivity index (χ4v) is 14.2. The van der Waals surface area contributed by atoms with Crippen molar-refractivity contribution >= 4 is 122 Å². The van der Waals surface area contributed by atoms with Crippen LogP contribution in [0.25, 0.3) is 155 Å². The minimum absolute atomic E-state index is 0.0887. The van der Waals surface area contributed by atoms with Crippen molar-refractivity contribution in [2.75, 3.05) is 0 Å². The monoisotopic (exact) mass is 1160 g/mol. The van der Waals surface area contributed by atoms with Gasteiger partial charge in [-0.25, -0.2) is 19.9 Å². The molecule has 1 unspecified atom stereocenters. The summed E-state index contributed by atoms with van der Waals surface area (Å²) in [5, 5.41) is 12.4. The molecule has 4 aromatic heterocycles. The van der Waals surface area contributed by atoms with E-state index in [2.05, 4.69) is 198 Å². The maximum Gasteiger partial charge on any atom is 0.156 e. The normalized spacial score (nSPS) is 13.3. The summed E-state index contributed by atoms with van der Waals surface area (Å²) in [6, 6.07) is 89.0. The smallest absolute Gasteiger partial charge is 0.156 e. The van der Waals surface area contributed by atoms with Gasteiger partial charge in [0.2, 0.25) is 0 Å². The Morgan fingerprint density at radius 2 is 0.910 bits per heavy atom. The van der Waals surface area contributed by atoms with E-state index in [0.29, 0.717) is 10.8 Å². The highest BCUT2D eigenvalue weighted by atomic mass is 35.5. The maximum atomic E-state index is 6.36. The zero-order valence-corrected chi connectivity index (χ0v) is 48.5. The number of halogens is 1. The number of para-hydroxylation sites is 6. The molecule has 6 nitrogen and oxygen atoms in total. The van der Waals surface area contributed by atoms with Gasteiger partial charge in [0.1, 0.15) is 40.2 Å². The lowest BCUT2D eigenvalue weighted by Crippen LogP contribution is -2.07. The average Bonchev–Trinajstić information content (AvgIpc) is 1.69. The van der Waals surface area contributed by atoms with Crippen LogP contribution in [0, 0.1) is 6.08 Å². The van der Waals surface area contributed by atoms with Gasteiger partial charge in [-0.1, -0.05) is 175 Å². The number of hydrogen-bond acceptors (Lipinski definition) is 6. The fraction of sp³-hybridized carbons (Fsp3) is 0.0244. The zero-order chi connectivity index (χ0) is 58.7. The molecule has 3 aliphatic carbocycles. The first kappa shape index (κ1) is 50.9. The van der Waals surface area contributed by atoms with E-state index in [1.54, 1.807) is 0 Å². The molecule has 414 valence electrons. The molecule has 89 heavy (non-hydrogen) atoms. The van der Waals surface area contributed by atoms with E-state index in [4.69, 9.17) is 30.4 Å². The third-order valence-electron chi connectivity index (χ3n) is 18.1. The Morgan fingerprint density at radius 1 is 0.393 bits per heavy atom. The van der Waals surface area contributed by atoms with Gasteiger partial charge in [-0.2, -0.15) is 0 Å². The number of furan rings is 2. The Kier molecular flexibility index (Phi) is 11.6. The Labute approximate surface area is 516 Å². The van der Waals surface area contributed by atoms with Crippen LogP contribution in [-0.4, -0.2) is 19.9 Å². The van der Waals surface area contributed by atoms with Crippen LogP contribution in [0.5, 0.6) is 0 Å². The predicted octanol–water partition coefficient (Wildman–Crippen LogP) is 21.8. The molecule has 0 amide bonds. The highest BCUT2D eigenvalue weighted by Gasteiger charge is 2.36. The van der Waals surface area contributed by atoms with Crippen molar-refractivity contribution in [1.82, 2.24) is 19.9 Å². The number of fused-ring (bicyclic) bond motifs is 20. The molecule has 0 fully saturated rings. The standard InChI is InChI=1S/C41H24N2O.C21H13.C20H11ClN2O/c1-2-11-26-22-33-32(21-25(26)10-1)31-20-17-24-9-3-4-12-28(24)38(31)39(33)41-40(42-34-14-6-7-15-35(34)43-41)27-18-19-30-29-13-5-8-16-36(29)44-37(30)23-27;1-2-7-16-12-20-17(11-15(16)6-1)13-21-18-8-4-3-5-14(18)9-10-19(20)21;21-20-19(22-15-6-2-3-7-16(15)23-20)12-9-10-14-13-5-1-4-8-17(13)24-18(14)11-12/h1-23,39H;1-2,4-12H,13H2;1-11H/q;+1;. The van der Waals surface area contributed by atoms with Crippen LogP contribution in [-0.2, 0) is 6.42 Å². The van der Waals surface area contributed by atoms with Gasteiger partial charge >= 0.3 is 0 Å². The van der Waals surface area contributed by atoms with Crippen molar-refractivity contribution in [3.8, 4) is 44.8 Å². The van der Waals surface area contributed by atoms with Crippen molar-refractivity contribution < 1.29 is 8.83 Å². The van der Waals surface area contributed by atoms with Gasteiger partial charge in [0.25, 0.3) is 0 Å². The predicted molar refractivity (Wildman–Crippen MR) is 366 cm³/mol. The van der Waals surface area contributed by atoms with Crippen molar-refractivity contribution in [2.45, 2.75) is 12.3 Å². The molecule has 0 N–H and O–H groups in total. The number of hydrogen-bond donors (Lipinski definition) is 0. The van der Waals surface area contributed by atoms with Gasteiger partial charge in [-0.05, 0) is 162 Å². The summed E-state index contributed by atoms with van der Waals surface area (Å²) in [5.41, 5.74) is 24.7. The average molecular weight is 1160 g/mol. The third kappa shape index (κ3) is 8.45. The second-order valence-corrected chi connectivity index (χ2v) is 23.5. The lowest BCUT2D eigenvalue weighted by molar-refractivity contribution is 0.668. The van der Waals surface area contributed by atoms with Gasteiger partial charge in [0, 0.05) is 51.2 Å². The molecule has 20 rings (SSSR count). The molecule has 0 aliphatic heterocycles. The topological polar surface area (TPSA) is 77.8 Å². The quantitative estimate of drug-likeness (QED) is 0.164. The van der Waals surface area contributed by atoms with Crippen LogP contribution >= 0.6 is 11.6 Å². The second-order valence-electron chi connectivity index (χ2n) is 23.2. The summed E-state index contributed by atoms with van der Waals surface area (Å²) < 4.78 is 12.3. The Hall–Kier alpha value is -11.4.